The Balaban J connectivity index is 1.90. The zero-order chi connectivity index (χ0) is 10.2. The molecule has 0 bridgehead atoms. The molecule has 1 fully saturated rings. The summed E-state index contributed by atoms with van der Waals surface area (Å²) < 4.78 is 0. The van der Waals surface area contributed by atoms with E-state index in [1.165, 1.54) is 64.0 Å². The normalized spacial score (nSPS) is 18.4. The summed E-state index contributed by atoms with van der Waals surface area (Å²) in [6, 6.07) is 0. The topological polar surface area (TPSA) is 15.3 Å². The van der Waals surface area contributed by atoms with Gasteiger partial charge in [-0.15, -0.1) is 6.58 Å². The van der Waals surface area contributed by atoms with Crippen LogP contribution in [0, 0.1) is 0 Å². The van der Waals surface area contributed by atoms with Crippen molar-refractivity contribution in [3.63, 3.8) is 0 Å². The Labute approximate surface area is 88.4 Å². The van der Waals surface area contributed by atoms with Crippen LogP contribution >= 0.6 is 0 Å². The number of hydrogen-bond acceptors (Lipinski definition) is 2. The standard InChI is InChI=1S/C12H24N2/c1-12(2)6-4-3-5-9-14-10-7-13-8-11-14/h13H,1,3-11H2,2H3. The van der Waals surface area contributed by atoms with Crippen molar-refractivity contribution in [2.75, 3.05) is 32.7 Å². The highest BCUT2D eigenvalue weighted by atomic mass is 15.2. The molecule has 1 heterocycles. The summed E-state index contributed by atoms with van der Waals surface area (Å²) in [6.45, 7) is 12.2. The summed E-state index contributed by atoms with van der Waals surface area (Å²) in [5, 5.41) is 3.38. The van der Waals surface area contributed by atoms with Gasteiger partial charge in [0.05, 0.1) is 0 Å². The van der Waals surface area contributed by atoms with Gasteiger partial charge in [0.25, 0.3) is 0 Å². The first-order valence-corrected chi connectivity index (χ1v) is 5.86. The molecule has 0 aliphatic carbocycles. The van der Waals surface area contributed by atoms with E-state index in [4.69, 9.17) is 0 Å². The van der Waals surface area contributed by atoms with E-state index in [0.29, 0.717) is 0 Å². The Morgan fingerprint density at radius 2 is 1.93 bits per heavy atom. The maximum atomic E-state index is 3.92. The Hall–Kier alpha value is -0.340. The van der Waals surface area contributed by atoms with E-state index in [2.05, 4.69) is 23.7 Å². The predicted octanol–water partition coefficient (Wildman–Crippen LogP) is 2.03. The summed E-state index contributed by atoms with van der Waals surface area (Å²) in [5.74, 6) is 0. The number of unbranched alkanes of at least 4 members (excludes halogenated alkanes) is 2. The molecule has 1 saturated heterocycles. The molecule has 0 aromatic carbocycles. The van der Waals surface area contributed by atoms with Gasteiger partial charge in [-0.3, -0.25) is 0 Å². The van der Waals surface area contributed by atoms with Crippen molar-refractivity contribution in [1.29, 1.82) is 0 Å². The molecular formula is C12H24N2. The summed E-state index contributed by atoms with van der Waals surface area (Å²) in [7, 11) is 0. The molecule has 0 unspecified atom stereocenters. The fourth-order valence-electron chi connectivity index (χ4n) is 1.87. The fourth-order valence-corrected chi connectivity index (χ4v) is 1.87. The van der Waals surface area contributed by atoms with Crippen molar-refractivity contribution >= 4 is 0 Å². The Kier molecular flexibility index (Phi) is 5.88. The lowest BCUT2D eigenvalue weighted by molar-refractivity contribution is 0.236. The van der Waals surface area contributed by atoms with Crippen molar-refractivity contribution in [1.82, 2.24) is 10.2 Å². The van der Waals surface area contributed by atoms with Gasteiger partial charge in [0.1, 0.15) is 0 Å². The lowest BCUT2D eigenvalue weighted by Crippen LogP contribution is -2.43. The molecule has 1 aliphatic rings. The van der Waals surface area contributed by atoms with Crippen molar-refractivity contribution in [3.05, 3.63) is 12.2 Å². The molecule has 2 heteroatoms. The fraction of sp³-hybridized carbons (Fsp3) is 0.833. The molecule has 0 aromatic heterocycles. The van der Waals surface area contributed by atoms with Gasteiger partial charge in [-0.25, -0.2) is 0 Å². The smallest absolute Gasteiger partial charge is 0.0107 e. The van der Waals surface area contributed by atoms with Gasteiger partial charge < -0.3 is 10.2 Å². The van der Waals surface area contributed by atoms with Gasteiger partial charge in [-0.05, 0) is 32.7 Å². The van der Waals surface area contributed by atoms with Gasteiger partial charge in [-0.2, -0.15) is 0 Å². The summed E-state index contributed by atoms with van der Waals surface area (Å²) in [5.41, 5.74) is 1.33. The Bertz CT molecular complexity index is 160. The monoisotopic (exact) mass is 196 g/mol. The number of allylic oxidation sites excluding steroid dienone is 1. The summed E-state index contributed by atoms with van der Waals surface area (Å²) >= 11 is 0. The van der Waals surface area contributed by atoms with Crippen LogP contribution in [0.2, 0.25) is 0 Å². The second-order valence-electron chi connectivity index (χ2n) is 4.36. The summed E-state index contributed by atoms with van der Waals surface area (Å²) in [4.78, 5) is 2.57. The maximum Gasteiger partial charge on any atom is 0.0107 e. The second-order valence-corrected chi connectivity index (χ2v) is 4.36. The van der Waals surface area contributed by atoms with E-state index in [-0.39, 0.29) is 0 Å². The van der Waals surface area contributed by atoms with E-state index in [0.717, 1.165) is 0 Å². The van der Waals surface area contributed by atoms with Gasteiger partial charge in [0, 0.05) is 26.2 Å². The maximum absolute atomic E-state index is 3.92. The average Bonchev–Trinajstić information content (AvgIpc) is 2.18. The summed E-state index contributed by atoms with van der Waals surface area (Å²) in [6.07, 6.45) is 5.24. The van der Waals surface area contributed by atoms with Gasteiger partial charge in [0.15, 0.2) is 0 Å². The minimum Gasteiger partial charge on any atom is -0.314 e. The highest BCUT2D eigenvalue weighted by Gasteiger charge is 2.07. The van der Waals surface area contributed by atoms with Crippen LogP contribution in [-0.2, 0) is 0 Å². The lowest BCUT2D eigenvalue weighted by Gasteiger charge is -2.27. The molecule has 1 aliphatic heterocycles. The molecular weight excluding hydrogens is 172 g/mol. The van der Waals surface area contributed by atoms with Gasteiger partial charge in [0.2, 0.25) is 0 Å². The van der Waals surface area contributed by atoms with Crippen molar-refractivity contribution in [3.8, 4) is 0 Å². The van der Waals surface area contributed by atoms with E-state index in [1.807, 2.05) is 0 Å². The van der Waals surface area contributed by atoms with Crippen LogP contribution in [0.5, 0.6) is 0 Å². The van der Waals surface area contributed by atoms with Crippen LogP contribution in [0.25, 0.3) is 0 Å². The highest BCUT2D eigenvalue weighted by Crippen LogP contribution is 2.07. The molecule has 1 N–H and O–H groups in total. The van der Waals surface area contributed by atoms with Crippen LogP contribution in [0.4, 0.5) is 0 Å². The molecule has 2 nitrogen and oxygen atoms in total. The number of nitrogens with one attached hydrogen (secondary N) is 1. The molecule has 1 rings (SSSR count). The zero-order valence-electron chi connectivity index (χ0n) is 9.52. The lowest BCUT2D eigenvalue weighted by atomic mass is 10.1. The van der Waals surface area contributed by atoms with Crippen molar-refractivity contribution in [2.45, 2.75) is 32.6 Å². The van der Waals surface area contributed by atoms with Crippen LogP contribution in [0.3, 0.4) is 0 Å². The van der Waals surface area contributed by atoms with E-state index in [1.54, 1.807) is 0 Å². The first-order valence-electron chi connectivity index (χ1n) is 5.86. The van der Waals surface area contributed by atoms with Gasteiger partial charge in [-0.1, -0.05) is 12.0 Å². The number of hydrogen-bond donors (Lipinski definition) is 1. The molecule has 0 amide bonds. The number of rotatable bonds is 6. The molecule has 0 saturated carbocycles. The minimum absolute atomic E-state index is 1.17. The largest absolute Gasteiger partial charge is 0.314 e. The van der Waals surface area contributed by atoms with Crippen LogP contribution in [-0.4, -0.2) is 37.6 Å². The molecule has 0 atom stereocenters. The second kappa shape index (κ2) is 7.02. The molecule has 14 heavy (non-hydrogen) atoms. The molecule has 0 spiro atoms. The first kappa shape index (κ1) is 11.7. The molecule has 82 valence electrons. The van der Waals surface area contributed by atoms with Crippen LogP contribution in [0.1, 0.15) is 32.6 Å². The third-order valence-corrected chi connectivity index (χ3v) is 2.79. The van der Waals surface area contributed by atoms with E-state index < -0.39 is 0 Å². The third kappa shape index (κ3) is 5.40. The molecule has 0 radical (unpaired) electrons. The van der Waals surface area contributed by atoms with Crippen LogP contribution in [0.15, 0.2) is 12.2 Å². The number of nitrogens with zero attached hydrogens (tertiary/aromatic N) is 1. The van der Waals surface area contributed by atoms with E-state index >= 15 is 0 Å². The third-order valence-electron chi connectivity index (χ3n) is 2.79. The minimum atomic E-state index is 1.17. The first-order chi connectivity index (χ1) is 6.79. The van der Waals surface area contributed by atoms with E-state index in [9.17, 15) is 0 Å². The Morgan fingerprint density at radius 3 is 2.57 bits per heavy atom. The predicted molar refractivity (Wildman–Crippen MR) is 62.6 cm³/mol. The zero-order valence-corrected chi connectivity index (χ0v) is 9.52. The van der Waals surface area contributed by atoms with Crippen molar-refractivity contribution < 1.29 is 0 Å². The number of piperazine rings is 1. The average molecular weight is 196 g/mol. The van der Waals surface area contributed by atoms with Crippen LogP contribution < -0.4 is 5.32 Å². The quantitative estimate of drug-likeness (QED) is 0.516. The highest BCUT2D eigenvalue weighted by molar-refractivity contribution is 4.87. The molecule has 0 aromatic rings. The van der Waals surface area contributed by atoms with Gasteiger partial charge >= 0.3 is 0 Å². The van der Waals surface area contributed by atoms with Crippen molar-refractivity contribution in [2.24, 2.45) is 0 Å². The Morgan fingerprint density at radius 1 is 1.21 bits per heavy atom. The SMILES string of the molecule is C=C(C)CCCCCN1CCNCC1.